The minimum atomic E-state index is -0.683. The second-order valence-corrected chi connectivity index (χ2v) is 6.29. The highest BCUT2D eigenvalue weighted by Crippen LogP contribution is 2.34. The summed E-state index contributed by atoms with van der Waals surface area (Å²) >= 11 is 0. The fraction of sp³-hybridized carbons (Fsp3) is 0.824. The van der Waals surface area contributed by atoms with E-state index in [0.717, 1.165) is 25.7 Å². The van der Waals surface area contributed by atoms with Gasteiger partial charge in [-0.1, -0.05) is 26.7 Å². The normalized spacial score (nSPS) is 26.5. The molecule has 0 amide bonds. The lowest BCUT2D eigenvalue weighted by Crippen LogP contribution is -2.33. The lowest BCUT2D eigenvalue weighted by atomic mass is 10.2. The first-order valence-electron chi connectivity index (χ1n) is 8.51. The predicted octanol–water partition coefficient (Wildman–Crippen LogP) is 2.91. The molecule has 2 aliphatic rings. The highest BCUT2D eigenvalue weighted by atomic mass is 16.8. The van der Waals surface area contributed by atoms with Crippen molar-refractivity contribution >= 4 is 5.97 Å². The Hall–Kier alpha value is -1.27. The summed E-state index contributed by atoms with van der Waals surface area (Å²) in [6.07, 6.45) is 2.80. The van der Waals surface area contributed by atoms with Crippen LogP contribution in [0, 0.1) is 0 Å². The molecule has 0 radical (unpaired) electrons. The highest BCUT2D eigenvalue weighted by Gasteiger charge is 2.48. The van der Waals surface area contributed by atoms with E-state index < -0.39 is 17.9 Å². The van der Waals surface area contributed by atoms with E-state index in [2.05, 4.69) is 13.8 Å². The van der Waals surface area contributed by atoms with Gasteiger partial charge < -0.3 is 23.7 Å². The summed E-state index contributed by atoms with van der Waals surface area (Å²) in [5.74, 6) is -0.526. The lowest BCUT2D eigenvalue weighted by Gasteiger charge is -2.21. The molecule has 0 spiro atoms. The van der Waals surface area contributed by atoms with E-state index in [0.29, 0.717) is 25.6 Å². The SMILES string of the molecule is CCCCOC1=C(OCCCC)[C@@H]([C@@H]2COC(C)(C)O2)OC1=O. The van der Waals surface area contributed by atoms with Gasteiger partial charge in [-0.25, -0.2) is 4.79 Å². The van der Waals surface area contributed by atoms with Gasteiger partial charge in [0, 0.05) is 0 Å². The first-order valence-corrected chi connectivity index (χ1v) is 8.51. The first kappa shape index (κ1) is 18.1. The number of rotatable bonds is 9. The second kappa shape index (κ2) is 8.02. The molecule has 2 atom stereocenters. The Balaban J connectivity index is 2.11. The Labute approximate surface area is 138 Å². The van der Waals surface area contributed by atoms with Gasteiger partial charge in [-0.2, -0.15) is 0 Å². The van der Waals surface area contributed by atoms with E-state index in [1.807, 2.05) is 13.8 Å². The number of carbonyl (C=O) groups excluding carboxylic acids is 1. The number of hydrogen-bond donors (Lipinski definition) is 0. The van der Waals surface area contributed by atoms with Crippen molar-refractivity contribution in [2.45, 2.75) is 71.4 Å². The maximum Gasteiger partial charge on any atom is 0.378 e. The van der Waals surface area contributed by atoms with Gasteiger partial charge in [0.05, 0.1) is 19.8 Å². The minimum absolute atomic E-state index is 0.188. The van der Waals surface area contributed by atoms with Gasteiger partial charge >= 0.3 is 5.97 Å². The maximum atomic E-state index is 12.2. The molecule has 0 N–H and O–H groups in total. The molecule has 0 bridgehead atoms. The molecule has 6 heteroatoms. The summed E-state index contributed by atoms with van der Waals surface area (Å²) in [5, 5.41) is 0. The standard InChI is InChI=1S/C17H28O6/c1-5-7-9-19-14-13(12-11-21-17(3,4)23-12)22-16(18)15(14)20-10-8-6-2/h12-13H,5-11H2,1-4H3/t12-,13+/m0/s1. The van der Waals surface area contributed by atoms with Crippen LogP contribution in [0.3, 0.4) is 0 Å². The van der Waals surface area contributed by atoms with Gasteiger partial charge in [-0.05, 0) is 26.7 Å². The summed E-state index contributed by atoms with van der Waals surface area (Å²) in [6, 6.07) is 0. The monoisotopic (exact) mass is 328 g/mol. The van der Waals surface area contributed by atoms with Crippen LogP contribution in [0.2, 0.25) is 0 Å². The molecular formula is C17H28O6. The van der Waals surface area contributed by atoms with Crippen molar-refractivity contribution in [2.75, 3.05) is 19.8 Å². The third kappa shape index (κ3) is 4.61. The molecular weight excluding hydrogens is 300 g/mol. The molecule has 1 saturated heterocycles. The topological polar surface area (TPSA) is 63.2 Å². The van der Waals surface area contributed by atoms with E-state index in [4.69, 9.17) is 23.7 Å². The van der Waals surface area contributed by atoms with Crippen LogP contribution in [-0.4, -0.2) is 43.8 Å². The molecule has 2 rings (SSSR count). The average molecular weight is 328 g/mol. The Bertz CT molecular complexity index is 442. The van der Waals surface area contributed by atoms with E-state index >= 15 is 0 Å². The molecule has 23 heavy (non-hydrogen) atoms. The van der Waals surface area contributed by atoms with E-state index in [1.165, 1.54) is 0 Å². The van der Waals surface area contributed by atoms with Crippen molar-refractivity contribution < 1.29 is 28.5 Å². The van der Waals surface area contributed by atoms with Gasteiger partial charge in [0.25, 0.3) is 0 Å². The zero-order chi connectivity index (χ0) is 16.9. The lowest BCUT2D eigenvalue weighted by molar-refractivity contribution is -0.163. The van der Waals surface area contributed by atoms with Gasteiger partial charge in [0.15, 0.2) is 17.7 Å². The van der Waals surface area contributed by atoms with Crippen LogP contribution in [0.25, 0.3) is 0 Å². The number of carbonyl (C=O) groups is 1. The third-order valence-electron chi connectivity index (χ3n) is 3.77. The van der Waals surface area contributed by atoms with Crippen molar-refractivity contribution in [1.82, 2.24) is 0 Å². The number of unbranched alkanes of at least 4 members (excludes halogenated alkanes) is 2. The molecule has 0 unspecified atom stereocenters. The largest absolute Gasteiger partial charge is 0.490 e. The van der Waals surface area contributed by atoms with Crippen LogP contribution in [0.5, 0.6) is 0 Å². The maximum absolute atomic E-state index is 12.2. The Morgan fingerprint density at radius 1 is 1.13 bits per heavy atom. The molecule has 0 aromatic carbocycles. The smallest absolute Gasteiger partial charge is 0.378 e. The predicted molar refractivity (Wildman–Crippen MR) is 83.5 cm³/mol. The molecule has 0 aromatic heterocycles. The van der Waals surface area contributed by atoms with Crippen molar-refractivity contribution in [2.24, 2.45) is 0 Å². The van der Waals surface area contributed by atoms with E-state index in [-0.39, 0.29) is 11.9 Å². The summed E-state index contributed by atoms with van der Waals surface area (Å²) in [4.78, 5) is 12.2. The van der Waals surface area contributed by atoms with Gasteiger partial charge in [-0.15, -0.1) is 0 Å². The zero-order valence-corrected chi connectivity index (χ0v) is 14.6. The van der Waals surface area contributed by atoms with Gasteiger partial charge in [-0.3, -0.25) is 0 Å². The molecule has 132 valence electrons. The number of cyclic esters (lactones) is 1. The van der Waals surface area contributed by atoms with Crippen LogP contribution >= 0.6 is 0 Å². The molecule has 6 nitrogen and oxygen atoms in total. The Kier molecular flexibility index (Phi) is 6.30. The summed E-state index contributed by atoms with van der Waals surface area (Å²) in [5.41, 5.74) is 0. The molecule has 0 aliphatic carbocycles. The number of ether oxygens (including phenoxy) is 5. The van der Waals surface area contributed by atoms with Crippen LogP contribution in [0.4, 0.5) is 0 Å². The van der Waals surface area contributed by atoms with Crippen LogP contribution < -0.4 is 0 Å². The number of esters is 1. The van der Waals surface area contributed by atoms with Gasteiger partial charge in [0.2, 0.25) is 5.76 Å². The fourth-order valence-electron chi connectivity index (χ4n) is 2.48. The Morgan fingerprint density at radius 3 is 2.35 bits per heavy atom. The van der Waals surface area contributed by atoms with E-state index in [9.17, 15) is 4.79 Å². The molecule has 2 aliphatic heterocycles. The van der Waals surface area contributed by atoms with Crippen LogP contribution in [-0.2, 0) is 28.5 Å². The number of hydrogen-bond acceptors (Lipinski definition) is 6. The quantitative estimate of drug-likeness (QED) is 0.479. The average Bonchev–Trinajstić information content (AvgIpc) is 3.01. The van der Waals surface area contributed by atoms with Crippen molar-refractivity contribution in [1.29, 1.82) is 0 Å². The summed E-state index contributed by atoms with van der Waals surface area (Å²) in [6.45, 7) is 9.18. The third-order valence-corrected chi connectivity index (χ3v) is 3.77. The Morgan fingerprint density at radius 2 is 1.78 bits per heavy atom. The van der Waals surface area contributed by atoms with Crippen molar-refractivity contribution in [3.63, 3.8) is 0 Å². The second-order valence-electron chi connectivity index (χ2n) is 6.29. The van der Waals surface area contributed by atoms with Crippen molar-refractivity contribution in [3.05, 3.63) is 11.5 Å². The summed E-state index contributed by atoms with van der Waals surface area (Å²) < 4.78 is 28.3. The fourth-order valence-corrected chi connectivity index (χ4v) is 2.48. The van der Waals surface area contributed by atoms with E-state index in [1.54, 1.807) is 0 Å². The zero-order valence-electron chi connectivity index (χ0n) is 14.6. The molecule has 0 aromatic rings. The molecule has 0 saturated carbocycles. The first-order chi connectivity index (χ1) is 11.0. The summed E-state index contributed by atoms with van der Waals surface area (Å²) in [7, 11) is 0. The van der Waals surface area contributed by atoms with Crippen molar-refractivity contribution in [3.8, 4) is 0 Å². The van der Waals surface area contributed by atoms with Crippen LogP contribution in [0.15, 0.2) is 11.5 Å². The minimum Gasteiger partial charge on any atom is -0.490 e. The molecule has 1 fully saturated rings. The highest BCUT2D eigenvalue weighted by molar-refractivity contribution is 5.89. The van der Waals surface area contributed by atoms with Crippen LogP contribution in [0.1, 0.15) is 53.4 Å². The molecule has 2 heterocycles. The van der Waals surface area contributed by atoms with Gasteiger partial charge in [0.1, 0.15) is 6.10 Å².